The lowest BCUT2D eigenvalue weighted by atomic mass is 10.1. The number of nitrogens with zero attached hydrogens (tertiary/aromatic N) is 3. The highest BCUT2D eigenvalue weighted by molar-refractivity contribution is 5.93. The molecule has 0 aliphatic carbocycles. The summed E-state index contributed by atoms with van der Waals surface area (Å²) in [5.74, 6) is 0.0759. The van der Waals surface area contributed by atoms with Crippen LogP contribution in [0.5, 0.6) is 0 Å². The lowest BCUT2D eigenvalue weighted by Gasteiger charge is -2.33. The topological polar surface area (TPSA) is 45.7 Å². The second-order valence-electron chi connectivity index (χ2n) is 6.19. The summed E-state index contributed by atoms with van der Waals surface area (Å²) >= 11 is 0. The molecule has 1 aromatic rings. The van der Waals surface area contributed by atoms with Gasteiger partial charge in [-0.3, -0.25) is 14.7 Å². The molecule has 0 radical (unpaired) electrons. The lowest BCUT2D eigenvalue weighted by Crippen LogP contribution is -2.42. The Bertz CT molecular complexity index is 514. The summed E-state index contributed by atoms with van der Waals surface area (Å²) in [5, 5.41) is 0. The Morgan fingerprint density at radius 1 is 1.23 bits per heavy atom. The fourth-order valence-electron chi connectivity index (χ4n) is 3.42. The third-order valence-electron chi connectivity index (χ3n) is 4.74. The fourth-order valence-corrected chi connectivity index (χ4v) is 3.42. The van der Waals surface area contributed by atoms with Gasteiger partial charge >= 0.3 is 0 Å². The largest absolute Gasteiger partial charge is 0.381 e. The maximum Gasteiger partial charge on any atom is 0.272 e. The summed E-state index contributed by atoms with van der Waals surface area (Å²) in [6, 6.07) is 4.45. The molecular weight excluding hydrogens is 278 g/mol. The summed E-state index contributed by atoms with van der Waals surface area (Å²) in [7, 11) is 0. The first kappa shape index (κ1) is 15.4. The van der Waals surface area contributed by atoms with Crippen LogP contribution >= 0.6 is 0 Å². The highest BCUT2D eigenvalue weighted by Gasteiger charge is 2.26. The van der Waals surface area contributed by atoms with Crippen molar-refractivity contribution in [3.63, 3.8) is 0 Å². The summed E-state index contributed by atoms with van der Waals surface area (Å²) in [6.07, 6.45) is 4.97. The SMILES string of the molecule is Cc1cccnc1C(=O)N1CCCN(C2CCOCC2)CC1. The quantitative estimate of drug-likeness (QED) is 0.834. The van der Waals surface area contributed by atoms with Crippen LogP contribution in [-0.2, 0) is 4.74 Å². The van der Waals surface area contributed by atoms with Crippen molar-refractivity contribution in [3.8, 4) is 0 Å². The molecule has 0 N–H and O–H groups in total. The van der Waals surface area contributed by atoms with Crippen molar-refractivity contribution in [2.24, 2.45) is 0 Å². The molecule has 2 saturated heterocycles. The highest BCUT2D eigenvalue weighted by atomic mass is 16.5. The zero-order chi connectivity index (χ0) is 15.4. The minimum absolute atomic E-state index is 0.0759. The molecule has 0 atom stereocenters. The van der Waals surface area contributed by atoms with Gasteiger partial charge in [0, 0.05) is 51.6 Å². The van der Waals surface area contributed by atoms with Crippen LogP contribution in [0.4, 0.5) is 0 Å². The van der Waals surface area contributed by atoms with Gasteiger partial charge in [0.05, 0.1) is 0 Å². The third kappa shape index (κ3) is 3.47. The number of pyridine rings is 1. The number of carbonyl (C=O) groups excluding carboxylic acids is 1. The first-order chi connectivity index (χ1) is 10.8. The first-order valence-corrected chi connectivity index (χ1v) is 8.28. The highest BCUT2D eigenvalue weighted by Crippen LogP contribution is 2.17. The van der Waals surface area contributed by atoms with Gasteiger partial charge in [0.15, 0.2) is 0 Å². The molecule has 2 aliphatic heterocycles. The van der Waals surface area contributed by atoms with E-state index in [1.165, 1.54) is 0 Å². The molecule has 22 heavy (non-hydrogen) atoms. The molecule has 0 unspecified atom stereocenters. The minimum Gasteiger partial charge on any atom is -0.381 e. The summed E-state index contributed by atoms with van der Waals surface area (Å²) < 4.78 is 5.45. The van der Waals surface area contributed by atoms with Crippen LogP contribution in [0.3, 0.4) is 0 Å². The number of hydrogen-bond donors (Lipinski definition) is 0. The Morgan fingerprint density at radius 2 is 2.05 bits per heavy atom. The molecule has 2 fully saturated rings. The predicted molar refractivity (Wildman–Crippen MR) is 84.9 cm³/mol. The zero-order valence-electron chi connectivity index (χ0n) is 13.3. The number of hydrogen-bond acceptors (Lipinski definition) is 4. The van der Waals surface area contributed by atoms with E-state index >= 15 is 0 Å². The molecule has 3 rings (SSSR count). The Hall–Kier alpha value is -1.46. The van der Waals surface area contributed by atoms with E-state index in [1.807, 2.05) is 24.0 Å². The van der Waals surface area contributed by atoms with E-state index < -0.39 is 0 Å². The van der Waals surface area contributed by atoms with Crippen LogP contribution < -0.4 is 0 Å². The Kier molecular flexibility index (Phi) is 5.05. The van der Waals surface area contributed by atoms with Crippen molar-refractivity contribution in [1.82, 2.24) is 14.8 Å². The van der Waals surface area contributed by atoms with Gasteiger partial charge in [0.25, 0.3) is 5.91 Å². The maximum absolute atomic E-state index is 12.7. The molecule has 5 nitrogen and oxygen atoms in total. The monoisotopic (exact) mass is 303 g/mol. The maximum atomic E-state index is 12.7. The van der Waals surface area contributed by atoms with Crippen LogP contribution in [0, 0.1) is 6.92 Å². The smallest absolute Gasteiger partial charge is 0.272 e. The van der Waals surface area contributed by atoms with Crippen molar-refractivity contribution in [1.29, 1.82) is 0 Å². The van der Waals surface area contributed by atoms with Crippen LogP contribution in [0.15, 0.2) is 18.3 Å². The lowest BCUT2D eigenvalue weighted by molar-refractivity contribution is 0.0351. The van der Waals surface area contributed by atoms with Gasteiger partial charge < -0.3 is 9.64 Å². The van der Waals surface area contributed by atoms with Gasteiger partial charge in [0.1, 0.15) is 5.69 Å². The number of amides is 1. The Balaban J connectivity index is 1.62. The Morgan fingerprint density at radius 3 is 2.82 bits per heavy atom. The standard InChI is InChI=1S/C17H25N3O2/c1-14-4-2-7-18-16(14)17(21)20-9-3-8-19(10-11-20)15-5-12-22-13-6-15/h2,4,7,15H,3,5-6,8-13H2,1H3. The summed E-state index contributed by atoms with van der Waals surface area (Å²) in [5.41, 5.74) is 1.56. The molecule has 0 aromatic carbocycles. The van der Waals surface area contributed by atoms with Crippen LogP contribution in [-0.4, -0.2) is 66.1 Å². The first-order valence-electron chi connectivity index (χ1n) is 8.28. The second-order valence-corrected chi connectivity index (χ2v) is 6.19. The molecule has 0 bridgehead atoms. The van der Waals surface area contributed by atoms with Gasteiger partial charge in [-0.15, -0.1) is 0 Å². The summed E-state index contributed by atoms with van der Waals surface area (Å²) in [4.78, 5) is 21.5. The van der Waals surface area contributed by atoms with E-state index in [0.717, 1.165) is 64.2 Å². The van der Waals surface area contributed by atoms with E-state index in [-0.39, 0.29) is 5.91 Å². The molecule has 0 spiro atoms. The summed E-state index contributed by atoms with van der Waals surface area (Å²) in [6.45, 7) is 7.36. The number of aryl methyl sites for hydroxylation is 1. The number of rotatable bonds is 2. The van der Waals surface area contributed by atoms with E-state index in [0.29, 0.717) is 11.7 Å². The fraction of sp³-hybridized carbons (Fsp3) is 0.647. The van der Waals surface area contributed by atoms with Crippen molar-refractivity contribution in [2.45, 2.75) is 32.2 Å². The molecule has 0 saturated carbocycles. The normalized spacial score (nSPS) is 21.6. The zero-order valence-corrected chi connectivity index (χ0v) is 13.3. The van der Waals surface area contributed by atoms with Crippen LogP contribution in [0.25, 0.3) is 0 Å². The van der Waals surface area contributed by atoms with Crippen LogP contribution in [0.2, 0.25) is 0 Å². The molecule has 5 heteroatoms. The average Bonchev–Trinajstić information content (AvgIpc) is 2.81. The molecule has 1 amide bonds. The average molecular weight is 303 g/mol. The van der Waals surface area contributed by atoms with Gasteiger partial charge in [-0.25, -0.2) is 0 Å². The van der Waals surface area contributed by atoms with Crippen molar-refractivity contribution >= 4 is 5.91 Å². The van der Waals surface area contributed by atoms with E-state index in [4.69, 9.17) is 4.74 Å². The molecule has 2 aliphatic rings. The van der Waals surface area contributed by atoms with Gasteiger partial charge in [-0.05, 0) is 37.8 Å². The van der Waals surface area contributed by atoms with E-state index in [9.17, 15) is 4.79 Å². The van der Waals surface area contributed by atoms with Crippen molar-refractivity contribution < 1.29 is 9.53 Å². The molecule has 1 aromatic heterocycles. The van der Waals surface area contributed by atoms with Crippen LogP contribution in [0.1, 0.15) is 35.3 Å². The third-order valence-corrected chi connectivity index (χ3v) is 4.74. The van der Waals surface area contributed by atoms with Crippen molar-refractivity contribution in [3.05, 3.63) is 29.6 Å². The van der Waals surface area contributed by atoms with Crippen molar-refractivity contribution in [2.75, 3.05) is 39.4 Å². The molecule has 3 heterocycles. The molecular formula is C17H25N3O2. The number of carbonyl (C=O) groups is 1. The number of aromatic nitrogens is 1. The minimum atomic E-state index is 0.0759. The molecule has 120 valence electrons. The predicted octanol–water partition coefficient (Wildman–Crippen LogP) is 1.72. The Labute approximate surface area is 132 Å². The van der Waals surface area contributed by atoms with Gasteiger partial charge in [-0.2, -0.15) is 0 Å². The van der Waals surface area contributed by atoms with E-state index in [2.05, 4.69) is 9.88 Å². The van der Waals surface area contributed by atoms with Gasteiger partial charge in [0.2, 0.25) is 0 Å². The van der Waals surface area contributed by atoms with Gasteiger partial charge in [-0.1, -0.05) is 6.07 Å². The second kappa shape index (κ2) is 7.20. The van der Waals surface area contributed by atoms with E-state index in [1.54, 1.807) is 6.20 Å². The number of ether oxygens (including phenoxy) is 1.